The molecule has 100 valence electrons. The predicted octanol–water partition coefficient (Wildman–Crippen LogP) is 0.0184. The lowest BCUT2D eigenvalue weighted by Gasteiger charge is -2.31. The number of nitrogens with one attached hydrogen (secondary N) is 1. The SMILES string of the molecule is CC1C(=O)NC(=O)CN1C(=O)c1ccc(O)cc1F. The van der Waals surface area contributed by atoms with Gasteiger partial charge in [-0.2, -0.15) is 0 Å². The van der Waals surface area contributed by atoms with E-state index in [-0.39, 0.29) is 17.9 Å². The van der Waals surface area contributed by atoms with Gasteiger partial charge < -0.3 is 10.0 Å². The molecular formula is C12H11FN2O4. The van der Waals surface area contributed by atoms with E-state index < -0.39 is 29.6 Å². The maximum absolute atomic E-state index is 13.6. The summed E-state index contributed by atoms with van der Waals surface area (Å²) in [6, 6.07) is 2.20. The van der Waals surface area contributed by atoms with Gasteiger partial charge in [0, 0.05) is 6.07 Å². The Labute approximate surface area is 107 Å². The second-order valence-electron chi connectivity index (χ2n) is 4.19. The third-order valence-corrected chi connectivity index (χ3v) is 2.87. The van der Waals surface area contributed by atoms with Crippen LogP contribution in [-0.2, 0) is 9.59 Å². The molecule has 3 amide bonds. The van der Waals surface area contributed by atoms with E-state index in [1.54, 1.807) is 0 Å². The van der Waals surface area contributed by atoms with Gasteiger partial charge in [-0.15, -0.1) is 0 Å². The summed E-state index contributed by atoms with van der Waals surface area (Å²) >= 11 is 0. The number of benzene rings is 1. The molecule has 2 rings (SSSR count). The zero-order valence-electron chi connectivity index (χ0n) is 10.0. The molecule has 1 heterocycles. The van der Waals surface area contributed by atoms with Crippen molar-refractivity contribution in [2.24, 2.45) is 0 Å². The van der Waals surface area contributed by atoms with Crippen molar-refractivity contribution in [2.75, 3.05) is 6.54 Å². The van der Waals surface area contributed by atoms with Gasteiger partial charge in [-0.25, -0.2) is 4.39 Å². The number of rotatable bonds is 1. The lowest BCUT2D eigenvalue weighted by Crippen LogP contribution is -2.58. The lowest BCUT2D eigenvalue weighted by molar-refractivity contribution is -0.138. The first-order valence-corrected chi connectivity index (χ1v) is 5.53. The number of phenols is 1. The van der Waals surface area contributed by atoms with Crippen molar-refractivity contribution >= 4 is 17.7 Å². The molecule has 1 aromatic rings. The van der Waals surface area contributed by atoms with Gasteiger partial charge in [0.1, 0.15) is 24.2 Å². The number of hydrogen-bond acceptors (Lipinski definition) is 4. The first kappa shape index (κ1) is 13.0. The molecule has 1 fully saturated rings. The molecule has 1 aliphatic heterocycles. The molecule has 0 aliphatic carbocycles. The Bertz CT molecular complexity index is 573. The van der Waals surface area contributed by atoms with Crippen LogP contribution in [-0.4, -0.2) is 40.3 Å². The zero-order chi connectivity index (χ0) is 14.2. The van der Waals surface area contributed by atoms with E-state index in [1.165, 1.54) is 6.92 Å². The molecule has 1 atom stereocenters. The highest BCUT2D eigenvalue weighted by molar-refractivity contribution is 6.07. The van der Waals surface area contributed by atoms with E-state index in [1.807, 2.05) is 0 Å². The molecule has 0 aromatic heterocycles. The van der Waals surface area contributed by atoms with Crippen LogP contribution in [0.4, 0.5) is 4.39 Å². The van der Waals surface area contributed by atoms with Gasteiger partial charge >= 0.3 is 0 Å². The maximum Gasteiger partial charge on any atom is 0.257 e. The highest BCUT2D eigenvalue weighted by atomic mass is 19.1. The minimum absolute atomic E-state index is 0.299. The number of imide groups is 1. The molecule has 1 unspecified atom stereocenters. The third-order valence-electron chi connectivity index (χ3n) is 2.87. The number of aromatic hydroxyl groups is 1. The number of amides is 3. The summed E-state index contributed by atoms with van der Waals surface area (Å²) in [4.78, 5) is 35.8. The van der Waals surface area contributed by atoms with Crippen molar-refractivity contribution in [2.45, 2.75) is 13.0 Å². The number of hydrogen-bond donors (Lipinski definition) is 2. The van der Waals surface area contributed by atoms with Crippen LogP contribution in [0.15, 0.2) is 18.2 Å². The Kier molecular flexibility index (Phi) is 3.20. The number of carbonyl (C=O) groups is 3. The molecular weight excluding hydrogens is 255 g/mol. The Morgan fingerprint density at radius 3 is 2.79 bits per heavy atom. The molecule has 2 N–H and O–H groups in total. The summed E-state index contributed by atoms with van der Waals surface area (Å²) in [5, 5.41) is 11.2. The van der Waals surface area contributed by atoms with E-state index in [0.29, 0.717) is 0 Å². The molecule has 0 spiro atoms. The fourth-order valence-corrected chi connectivity index (χ4v) is 1.79. The van der Waals surface area contributed by atoms with Crippen molar-refractivity contribution in [3.63, 3.8) is 0 Å². The summed E-state index contributed by atoms with van der Waals surface area (Å²) in [6.07, 6.45) is 0. The van der Waals surface area contributed by atoms with Gasteiger partial charge in [0.05, 0.1) is 5.56 Å². The van der Waals surface area contributed by atoms with Gasteiger partial charge in [-0.3, -0.25) is 19.7 Å². The third kappa shape index (κ3) is 2.40. The summed E-state index contributed by atoms with van der Waals surface area (Å²) in [5.41, 5.74) is -0.299. The molecule has 0 radical (unpaired) electrons. The lowest BCUT2D eigenvalue weighted by atomic mass is 10.1. The van der Waals surface area contributed by atoms with Gasteiger partial charge in [-0.1, -0.05) is 0 Å². The van der Waals surface area contributed by atoms with Crippen LogP contribution >= 0.6 is 0 Å². The van der Waals surface area contributed by atoms with Crippen molar-refractivity contribution < 1.29 is 23.9 Å². The molecule has 19 heavy (non-hydrogen) atoms. The Balaban J connectivity index is 2.32. The van der Waals surface area contributed by atoms with Crippen LogP contribution in [0.3, 0.4) is 0 Å². The van der Waals surface area contributed by atoms with Crippen LogP contribution in [0.1, 0.15) is 17.3 Å². The summed E-state index contributed by atoms with van der Waals surface area (Å²) < 4.78 is 13.6. The second kappa shape index (κ2) is 4.68. The Morgan fingerprint density at radius 2 is 2.16 bits per heavy atom. The van der Waals surface area contributed by atoms with Gasteiger partial charge in [-0.05, 0) is 19.1 Å². The molecule has 1 aromatic carbocycles. The van der Waals surface area contributed by atoms with Crippen molar-refractivity contribution in [3.05, 3.63) is 29.6 Å². The van der Waals surface area contributed by atoms with Crippen molar-refractivity contribution in [1.82, 2.24) is 10.2 Å². The largest absolute Gasteiger partial charge is 0.508 e. The molecule has 1 saturated heterocycles. The normalized spacial score (nSPS) is 19.3. The Morgan fingerprint density at radius 1 is 1.47 bits per heavy atom. The summed E-state index contributed by atoms with van der Waals surface area (Å²) in [5.74, 6) is -3.21. The fraction of sp³-hybridized carbons (Fsp3) is 0.250. The molecule has 6 nitrogen and oxygen atoms in total. The van der Waals surface area contributed by atoms with Crippen LogP contribution in [0.2, 0.25) is 0 Å². The molecule has 7 heteroatoms. The highest BCUT2D eigenvalue weighted by Crippen LogP contribution is 2.18. The predicted molar refractivity (Wildman–Crippen MR) is 61.7 cm³/mol. The van der Waals surface area contributed by atoms with Gasteiger partial charge in [0.2, 0.25) is 11.8 Å². The zero-order valence-corrected chi connectivity index (χ0v) is 10.0. The highest BCUT2D eigenvalue weighted by Gasteiger charge is 2.34. The average molecular weight is 266 g/mol. The molecule has 0 bridgehead atoms. The number of halogens is 1. The van der Waals surface area contributed by atoms with E-state index in [4.69, 9.17) is 5.11 Å². The Hall–Kier alpha value is -2.44. The van der Waals surface area contributed by atoms with E-state index in [0.717, 1.165) is 23.1 Å². The quantitative estimate of drug-likeness (QED) is 0.701. The topological polar surface area (TPSA) is 86.7 Å². The van der Waals surface area contributed by atoms with Crippen molar-refractivity contribution in [3.8, 4) is 5.75 Å². The number of nitrogens with zero attached hydrogens (tertiary/aromatic N) is 1. The standard InChI is InChI=1S/C12H11FN2O4/c1-6-11(18)14-10(17)5-15(6)12(19)8-3-2-7(16)4-9(8)13/h2-4,6,16H,5H2,1H3,(H,14,17,18). The number of phenolic OH excluding ortho intramolecular Hbond substituents is 1. The minimum Gasteiger partial charge on any atom is -0.508 e. The van der Waals surface area contributed by atoms with Crippen molar-refractivity contribution in [1.29, 1.82) is 0 Å². The maximum atomic E-state index is 13.6. The van der Waals surface area contributed by atoms with Gasteiger partial charge in [0.15, 0.2) is 0 Å². The summed E-state index contributed by atoms with van der Waals surface area (Å²) in [6.45, 7) is 1.13. The number of carbonyl (C=O) groups excluding carboxylic acids is 3. The van der Waals surface area contributed by atoms with Crippen LogP contribution < -0.4 is 5.32 Å². The molecule has 1 aliphatic rings. The monoisotopic (exact) mass is 266 g/mol. The first-order chi connectivity index (χ1) is 8.90. The van der Waals surface area contributed by atoms with Crippen LogP contribution in [0.5, 0.6) is 5.75 Å². The van der Waals surface area contributed by atoms with E-state index >= 15 is 0 Å². The fourth-order valence-electron chi connectivity index (χ4n) is 1.79. The smallest absolute Gasteiger partial charge is 0.257 e. The second-order valence-corrected chi connectivity index (χ2v) is 4.19. The van der Waals surface area contributed by atoms with Crippen LogP contribution in [0, 0.1) is 5.82 Å². The van der Waals surface area contributed by atoms with Crippen LogP contribution in [0.25, 0.3) is 0 Å². The average Bonchev–Trinajstić information content (AvgIpc) is 2.33. The van der Waals surface area contributed by atoms with E-state index in [2.05, 4.69) is 5.32 Å². The van der Waals surface area contributed by atoms with E-state index in [9.17, 15) is 18.8 Å². The van der Waals surface area contributed by atoms with Gasteiger partial charge in [0.25, 0.3) is 5.91 Å². The minimum atomic E-state index is -0.907. The number of piperazine rings is 1. The first-order valence-electron chi connectivity index (χ1n) is 5.53. The summed E-state index contributed by atoms with van der Waals surface area (Å²) in [7, 11) is 0. The molecule has 0 saturated carbocycles.